The van der Waals surface area contributed by atoms with Crippen LogP contribution in [0.2, 0.25) is 0 Å². The number of thioether (sulfide) groups is 1. The molecular formula is C19H27N3O3S. The first-order valence-electron chi connectivity index (χ1n) is 8.54. The number of imidazole rings is 1. The molecule has 0 radical (unpaired) electrons. The van der Waals surface area contributed by atoms with Crippen LogP contribution in [0.5, 0.6) is 11.5 Å². The summed E-state index contributed by atoms with van der Waals surface area (Å²) in [4.78, 5) is 17.0. The summed E-state index contributed by atoms with van der Waals surface area (Å²) >= 11 is 1.44. The average Bonchev–Trinajstić information content (AvgIpc) is 2.87. The molecule has 2 rings (SSSR count). The summed E-state index contributed by atoms with van der Waals surface area (Å²) in [5, 5.41) is 3.76. The molecule has 2 aromatic rings. The van der Waals surface area contributed by atoms with Crippen molar-refractivity contribution in [3.63, 3.8) is 0 Å². The second kappa shape index (κ2) is 8.98. The number of carbonyl (C=O) groups is 1. The fourth-order valence-corrected chi connectivity index (χ4v) is 3.44. The number of hydrogen-bond donors (Lipinski definition) is 1. The van der Waals surface area contributed by atoms with Crippen molar-refractivity contribution in [1.82, 2.24) is 9.55 Å². The lowest BCUT2D eigenvalue weighted by Gasteiger charge is -2.13. The van der Waals surface area contributed by atoms with Gasteiger partial charge in [-0.15, -0.1) is 0 Å². The summed E-state index contributed by atoms with van der Waals surface area (Å²) in [5.74, 6) is 1.92. The van der Waals surface area contributed by atoms with Crippen LogP contribution in [-0.2, 0) is 11.3 Å². The lowest BCUT2D eigenvalue weighted by atomic mass is 10.2. The van der Waals surface area contributed by atoms with Gasteiger partial charge in [-0.05, 0) is 31.9 Å². The Morgan fingerprint density at radius 3 is 2.62 bits per heavy atom. The van der Waals surface area contributed by atoms with Crippen molar-refractivity contribution in [1.29, 1.82) is 0 Å². The van der Waals surface area contributed by atoms with E-state index in [0.717, 1.165) is 23.1 Å². The number of benzene rings is 1. The summed E-state index contributed by atoms with van der Waals surface area (Å²) in [6, 6.07) is 5.30. The van der Waals surface area contributed by atoms with E-state index < -0.39 is 0 Å². The van der Waals surface area contributed by atoms with Gasteiger partial charge in [0.05, 0.1) is 31.4 Å². The maximum atomic E-state index is 12.4. The predicted molar refractivity (Wildman–Crippen MR) is 105 cm³/mol. The van der Waals surface area contributed by atoms with Gasteiger partial charge in [0.2, 0.25) is 5.91 Å². The van der Waals surface area contributed by atoms with E-state index in [1.165, 1.54) is 11.8 Å². The summed E-state index contributed by atoms with van der Waals surface area (Å²) in [7, 11) is 3.16. The van der Waals surface area contributed by atoms with Gasteiger partial charge in [0.25, 0.3) is 0 Å². The highest BCUT2D eigenvalue weighted by Gasteiger charge is 2.15. The number of aromatic nitrogens is 2. The molecule has 6 nitrogen and oxygen atoms in total. The van der Waals surface area contributed by atoms with Crippen LogP contribution in [0.4, 0.5) is 5.69 Å². The van der Waals surface area contributed by atoms with Gasteiger partial charge >= 0.3 is 0 Å². The molecule has 26 heavy (non-hydrogen) atoms. The molecule has 0 atom stereocenters. The minimum atomic E-state index is -0.115. The number of ether oxygens (including phenoxy) is 2. The van der Waals surface area contributed by atoms with Gasteiger partial charge < -0.3 is 19.4 Å². The third-order valence-electron chi connectivity index (χ3n) is 3.98. The molecule has 142 valence electrons. The number of carbonyl (C=O) groups excluding carboxylic acids is 1. The van der Waals surface area contributed by atoms with Crippen molar-refractivity contribution in [2.45, 2.75) is 39.4 Å². The number of amides is 1. The Kier molecular flexibility index (Phi) is 6.97. The number of anilines is 1. The molecule has 1 amide bonds. The second-order valence-corrected chi connectivity index (χ2v) is 7.42. The fourth-order valence-electron chi connectivity index (χ4n) is 2.54. The van der Waals surface area contributed by atoms with E-state index in [0.29, 0.717) is 23.1 Å². The Morgan fingerprint density at radius 1 is 1.27 bits per heavy atom. The lowest BCUT2D eigenvalue weighted by Crippen LogP contribution is -2.16. The monoisotopic (exact) mass is 377 g/mol. The van der Waals surface area contributed by atoms with Crippen LogP contribution in [-0.4, -0.2) is 35.4 Å². The van der Waals surface area contributed by atoms with Crippen molar-refractivity contribution in [2.75, 3.05) is 25.3 Å². The van der Waals surface area contributed by atoms with Crippen LogP contribution in [0, 0.1) is 19.8 Å². The van der Waals surface area contributed by atoms with Crippen molar-refractivity contribution in [2.24, 2.45) is 5.92 Å². The number of aryl methyl sites for hydroxylation is 1. The molecule has 0 aliphatic rings. The number of rotatable bonds is 8. The SMILES string of the molecule is COc1ccc(OC)c(NC(=O)CSc2nc(C)c(C)n2CC(C)C)c1. The molecule has 0 aliphatic heterocycles. The molecule has 0 saturated carbocycles. The summed E-state index contributed by atoms with van der Waals surface area (Å²) < 4.78 is 12.7. The van der Waals surface area contributed by atoms with Gasteiger partial charge in [0.1, 0.15) is 11.5 Å². The Hall–Kier alpha value is -2.15. The molecule has 1 N–H and O–H groups in total. The third-order valence-corrected chi connectivity index (χ3v) is 4.96. The van der Waals surface area contributed by atoms with E-state index in [-0.39, 0.29) is 11.7 Å². The third kappa shape index (κ3) is 4.94. The zero-order valence-corrected chi connectivity index (χ0v) is 17.1. The maximum Gasteiger partial charge on any atom is 0.234 e. The fraction of sp³-hybridized carbons (Fsp3) is 0.474. The van der Waals surface area contributed by atoms with Crippen molar-refractivity contribution in [3.05, 3.63) is 29.6 Å². The number of nitrogens with one attached hydrogen (secondary N) is 1. The largest absolute Gasteiger partial charge is 0.497 e. The zero-order valence-electron chi connectivity index (χ0n) is 16.3. The van der Waals surface area contributed by atoms with Crippen LogP contribution in [0.3, 0.4) is 0 Å². The van der Waals surface area contributed by atoms with E-state index in [1.54, 1.807) is 32.4 Å². The van der Waals surface area contributed by atoms with Gasteiger partial charge in [-0.1, -0.05) is 25.6 Å². The Labute approximate surface area is 159 Å². The first-order valence-corrected chi connectivity index (χ1v) is 9.52. The summed E-state index contributed by atoms with van der Waals surface area (Å²) in [6.07, 6.45) is 0. The van der Waals surface area contributed by atoms with Crippen LogP contribution < -0.4 is 14.8 Å². The van der Waals surface area contributed by atoms with E-state index >= 15 is 0 Å². The van der Waals surface area contributed by atoms with E-state index in [9.17, 15) is 4.79 Å². The van der Waals surface area contributed by atoms with Gasteiger partial charge in [-0.25, -0.2) is 4.98 Å². The van der Waals surface area contributed by atoms with Crippen molar-refractivity contribution < 1.29 is 14.3 Å². The van der Waals surface area contributed by atoms with Gasteiger partial charge in [-0.3, -0.25) is 4.79 Å². The quantitative estimate of drug-likeness (QED) is 0.707. The molecule has 0 aliphatic carbocycles. The second-order valence-electron chi connectivity index (χ2n) is 6.47. The van der Waals surface area contributed by atoms with E-state index in [2.05, 4.69) is 35.6 Å². The molecule has 0 fully saturated rings. The Balaban J connectivity index is 2.07. The molecule has 0 bridgehead atoms. The smallest absolute Gasteiger partial charge is 0.234 e. The Morgan fingerprint density at radius 2 is 2.00 bits per heavy atom. The van der Waals surface area contributed by atoms with Crippen molar-refractivity contribution in [3.8, 4) is 11.5 Å². The number of nitrogens with zero attached hydrogens (tertiary/aromatic N) is 2. The van der Waals surface area contributed by atoms with Gasteiger partial charge in [-0.2, -0.15) is 0 Å². The van der Waals surface area contributed by atoms with E-state index in [4.69, 9.17) is 9.47 Å². The highest BCUT2D eigenvalue weighted by Crippen LogP contribution is 2.29. The van der Waals surface area contributed by atoms with Crippen LogP contribution >= 0.6 is 11.8 Å². The van der Waals surface area contributed by atoms with Gasteiger partial charge in [0.15, 0.2) is 5.16 Å². The van der Waals surface area contributed by atoms with E-state index in [1.807, 2.05) is 6.92 Å². The topological polar surface area (TPSA) is 65.4 Å². The molecule has 1 aromatic carbocycles. The number of methoxy groups -OCH3 is 2. The van der Waals surface area contributed by atoms with Crippen LogP contribution in [0.1, 0.15) is 25.2 Å². The number of hydrogen-bond acceptors (Lipinski definition) is 5. The molecule has 1 aromatic heterocycles. The first-order chi connectivity index (χ1) is 12.3. The highest BCUT2D eigenvalue weighted by molar-refractivity contribution is 7.99. The van der Waals surface area contributed by atoms with Crippen molar-refractivity contribution >= 4 is 23.4 Å². The molecule has 0 spiro atoms. The summed E-state index contributed by atoms with van der Waals surface area (Å²) in [6.45, 7) is 9.30. The molecular weight excluding hydrogens is 350 g/mol. The lowest BCUT2D eigenvalue weighted by molar-refractivity contribution is -0.113. The Bertz CT molecular complexity index is 772. The molecule has 1 heterocycles. The van der Waals surface area contributed by atoms with Crippen LogP contribution in [0.25, 0.3) is 0 Å². The predicted octanol–water partition coefficient (Wildman–Crippen LogP) is 3.90. The maximum absolute atomic E-state index is 12.4. The molecule has 0 unspecified atom stereocenters. The van der Waals surface area contributed by atoms with Crippen LogP contribution in [0.15, 0.2) is 23.4 Å². The minimum absolute atomic E-state index is 0.115. The molecule has 0 saturated heterocycles. The highest BCUT2D eigenvalue weighted by atomic mass is 32.2. The van der Waals surface area contributed by atoms with Gasteiger partial charge in [0, 0.05) is 18.3 Å². The normalized spacial score (nSPS) is 10.9. The average molecular weight is 378 g/mol. The summed E-state index contributed by atoms with van der Waals surface area (Å²) in [5.41, 5.74) is 2.74. The minimum Gasteiger partial charge on any atom is -0.497 e. The standard InChI is InChI=1S/C19H27N3O3S/c1-12(2)10-22-14(4)13(3)20-19(22)26-11-18(23)21-16-9-15(24-5)7-8-17(16)25-6/h7-9,12H,10-11H2,1-6H3,(H,21,23). The zero-order chi connectivity index (χ0) is 19.3. The molecule has 7 heteroatoms. The first kappa shape index (κ1) is 20.2.